The Bertz CT molecular complexity index is 304. The van der Waals surface area contributed by atoms with Crippen molar-refractivity contribution in [3.05, 3.63) is 48.0 Å². The van der Waals surface area contributed by atoms with E-state index in [1.165, 1.54) is 11.1 Å². The summed E-state index contributed by atoms with van der Waals surface area (Å²) in [7, 11) is 0. The van der Waals surface area contributed by atoms with Gasteiger partial charge < -0.3 is 0 Å². The summed E-state index contributed by atoms with van der Waals surface area (Å²) in [5, 5.41) is 0. The molecule has 1 radical (unpaired) electrons. The molecule has 1 heterocycles. The first kappa shape index (κ1) is 8.52. The van der Waals surface area contributed by atoms with Gasteiger partial charge in [-0.2, -0.15) is 0 Å². The quantitative estimate of drug-likeness (QED) is 0.617. The molecule has 0 amide bonds. The third-order valence-corrected chi connectivity index (χ3v) is 2.53. The molecule has 1 aromatic rings. The number of nitrogens with zero attached hydrogens (tertiary/aromatic N) is 1. The van der Waals surface area contributed by atoms with Crippen LogP contribution < -0.4 is 0 Å². The SMILES string of the molecule is C=CCN1CCc2c[c]ccc2C1. The first-order valence-electron chi connectivity index (χ1n) is 4.71. The van der Waals surface area contributed by atoms with Crippen LogP contribution in [0.15, 0.2) is 30.9 Å². The average Bonchev–Trinajstić information content (AvgIpc) is 2.18. The zero-order valence-electron chi connectivity index (χ0n) is 7.79. The fraction of sp³-hybridized carbons (Fsp3) is 0.333. The molecule has 0 N–H and O–H groups in total. The van der Waals surface area contributed by atoms with Gasteiger partial charge in [0.05, 0.1) is 0 Å². The minimum absolute atomic E-state index is 0.998. The number of rotatable bonds is 2. The van der Waals surface area contributed by atoms with Crippen LogP contribution in [0.3, 0.4) is 0 Å². The highest BCUT2D eigenvalue weighted by Gasteiger charge is 2.13. The molecule has 1 aliphatic rings. The highest BCUT2D eigenvalue weighted by molar-refractivity contribution is 5.28. The monoisotopic (exact) mass is 172 g/mol. The lowest BCUT2D eigenvalue weighted by Gasteiger charge is -2.27. The van der Waals surface area contributed by atoms with E-state index in [1.54, 1.807) is 0 Å². The summed E-state index contributed by atoms with van der Waals surface area (Å²) in [5.41, 5.74) is 2.91. The van der Waals surface area contributed by atoms with Crippen LogP contribution in [0, 0.1) is 6.07 Å². The van der Waals surface area contributed by atoms with E-state index in [9.17, 15) is 0 Å². The van der Waals surface area contributed by atoms with Gasteiger partial charge in [0.15, 0.2) is 0 Å². The average molecular weight is 172 g/mol. The van der Waals surface area contributed by atoms with Crippen LogP contribution in [0.4, 0.5) is 0 Å². The van der Waals surface area contributed by atoms with Gasteiger partial charge in [-0.25, -0.2) is 0 Å². The maximum Gasteiger partial charge on any atom is 0.0239 e. The Hall–Kier alpha value is -1.08. The van der Waals surface area contributed by atoms with Crippen molar-refractivity contribution in [1.29, 1.82) is 0 Å². The summed E-state index contributed by atoms with van der Waals surface area (Å²) in [5.74, 6) is 0. The van der Waals surface area contributed by atoms with E-state index in [0.717, 1.165) is 26.1 Å². The van der Waals surface area contributed by atoms with Crippen molar-refractivity contribution < 1.29 is 0 Å². The molecular formula is C12H14N. The molecule has 0 bridgehead atoms. The van der Waals surface area contributed by atoms with E-state index in [1.807, 2.05) is 12.1 Å². The Labute approximate surface area is 79.7 Å². The first-order valence-corrected chi connectivity index (χ1v) is 4.71. The summed E-state index contributed by atoms with van der Waals surface area (Å²) >= 11 is 0. The van der Waals surface area contributed by atoms with E-state index in [4.69, 9.17) is 0 Å². The normalized spacial score (nSPS) is 16.6. The topological polar surface area (TPSA) is 3.24 Å². The minimum Gasteiger partial charge on any atom is -0.295 e. The van der Waals surface area contributed by atoms with Crippen molar-refractivity contribution in [2.24, 2.45) is 0 Å². The molecule has 0 atom stereocenters. The summed E-state index contributed by atoms with van der Waals surface area (Å²) in [6.07, 6.45) is 3.13. The van der Waals surface area contributed by atoms with E-state index in [0.29, 0.717) is 0 Å². The van der Waals surface area contributed by atoms with Crippen molar-refractivity contribution in [2.75, 3.05) is 13.1 Å². The fourth-order valence-corrected chi connectivity index (χ4v) is 1.82. The fourth-order valence-electron chi connectivity index (χ4n) is 1.82. The Morgan fingerprint density at radius 1 is 1.54 bits per heavy atom. The molecule has 0 saturated heterocycles. The molecule has 0 unspecified atom stereocenters. The van der Waals surface area contributed by atoms with Crippen molar-refractivity contribution >= 4 is 0 Å². The minimum atomic E-state index is 0.998. The van der Waals surface area contributed by atoms with Crippen molar-refractivity contribution in [2.45, 2.75) is 13.0 Å². The molecule has 67 valence electrons. The van der Waals surface area contributed by atoms with Gasteiger partial charge in [0.2, 0.25) is 0 Å². The zero-order valence-corrected chi connectivity index (χ0v) is 7.79. The lowest BCUT2D eigenvalue weighted by molar-refractivity contribution is 0.282. The van der Waals surface area contributed by atoms with Crippen LogP contribution in [0.25, 0.3) is 0 Å². The standard InChI is InChI=1S/C12H14N/c1-2-8-13-9-7-11-5-3-4-6-12(11)10-13/h2,4-6H,1,7-10H2. The summed E-state index contributed by atoms with van der Waals surface area (Å²) in [4.78, 5) is 2.41. The molecule has 0 saturated carbocycles. The molecule has 2 rings (SSSR count). The molecule has 1 heteroatoms. The van der Waals surface area contributed by atoms with Gasteiger partial charge in [-0.15, -0.1) is 6.58 Å². The smallest absolute Gasteiger partial charge is 0.0239 e. The number of hydrogen-bond donors (Lipinski definition) is 0. The van der Waals surface area contributed by atoms with Crippen LogP contribution in [-0.2, 0) is 13.0 Å². The van der Waals surface area contributed by atoms with E-state index in [-0.39, 0.29) is 0 Å². The number of fused-ring (bicyclic) bond motifs is 1. The second-order valence-corrected chi connectivity index (χ2v) is 3.47. The summed E-state index contributed by atoms with van der Waals surface area (Å²) < 4.78 is 0. The second kappa shape index (κ2) is 3.75. The van der Waals surface area contributed by atoms with Gasteiger partial charge in [0.1, 0.15) is 0 Å². The Morgan fingerprint density at radius 2 is 2.46 bits per heavy atom. The first-order chi connectivity index (χ1) is 6.40. The third kappa shape index (κ3) is 1.81. The lowest BCUT2D eigenvalue weighted by atomic mass is 10.0. The molecule has 1 aromatic carbocycles. The lowest BCUT2D eigenvalue weighted by Crippen LogP contribution is -2.30. The molecule has 13 heavy (non-hydrogen) atoms. The van der Waals surface area contributed by atoms with Crippen LogP contribution in [0.1, 0.15) is 11.1 Å². The Balaban J connectivity index is 2.15. The third-order valence-electron chi connectivity index (χ3n) is 2.53. The van der Waals surface area contributed by atoms with Crippen LogP contribution in [0.2, 0.25) is 0 Å². The van der Waals surface area contributed by atoms with Crippen molar-refractivity contribution in [1.82, 2.24) is 4.90 Å². The second-order valence-electron chi connectivity index (χ2n) is 3.47. The van der Waals surface area contributed by atoms with Crippen LogP contribution in [0.5, 0.6) is 0 Å². The van der Waals surface area contributed by atoms with E-state index < -0.39 is 0 Å². The molecule has 1 nitrogen and oxygen atoms in total. The molecule has 0 aromatic heterocycles. The van der Waals surface area contributed by atoms with Crippen molar-refractivity contribution in [3.8, 4) is 0 Å². The van der Waals surface area contributed by atoms with Crippen LogP contribution >= 0.6 is 0 Å². The Morgan fingerprint density at radius 3 is 3.31 bits per heavy atom. The number of hydrogen-bond acceptors (Lipinski definition) is 1. The molecule has 0 fully saturated rings. The highest BCUT2D eigenvalue weighted by Crippen LogP contribution is 2.17. The Kier molecular flexibility index (Phi) is 2.46. The largest absolute Gasteiger partial charge is 0.295 e. The van der Waals surface area contributed by atoms with Gasteiger partial charge >= 0.3 is 0 Å². The molecule has 0 spiro atoms. The van der Waals surface area contributed by atoms with Gasteiger partial charge in [0, 0.05) is 19.6 Å². The molecular weight excluding hydrogens is 158 g/mol. The summed E-state index contributed by atoms with van der Waals surface area (Å²) in [6, 6.07) is 9.41. The van der Waals surface area contributed by atoms with E-state index >= 15 is 0 Å². The zero-order chi connectivity index (χ0) is 9.10. The maximum atomic E-state index is 3.76. The van der Waals surface area contributed by atoms with Gasteiger partial charge in [-0.3, -0.25) is 4.90 Å². The predicted octanol–water partition coefficient (Wildman–Crippen LogP) is 2.03. The number of benzene rings is 1. The highest BCUT2D eigenvalue weighted by atomic mass is 15.1. The van der Waals surface area contributed by atoms with Gasteiger partial charge in [-0.1, -0.05) is 24.3 Å². The van der Waals surface area contributed by atoms with Crippen molar-refractivity contribution in [3.63, 3.8) is 0 Å². The summed E-state index contributed by atoms with van der Waals surface area (Å²) in [6.45, 7) is 6.98. The predicted molar refractivity (Wildman–Crippen MR) is 54.5 cm³/mol. The van der Waals surface area contributed by atoms with Gasteiger partial charge in [0.25, 0.3) is 0 Å². The molecule has 0 aliphatic carbocycles. The van der Waals surface area contributed by atoms with E-state index in [2.05, 4.69) is 29.7 Å². The van der Waals surface area contributed by atoms with Crippen LogP contribution in [-0.4, -0.2) is 18.0 Å². The molecule has 1 aliphatic heterocycles. The van der Waals surface area contributed by atoms with Gasteiger partial charge in [-0.05, 0) is 23.6 Å². The maximum absolute atomic E-state index is 3.76.